The highest BCUT2D eigenvalue weighted by Crippen LogP contribution is 2.43. The second-order valence-corrected chi connectivity index (χ2v) is 15.7. The van der Waals surface area contributed by atoms with Gasteiger partial charge in [-0.2, -0.15) is 0 Å². The number of phosphoric ester groups is 1. The van der Waals surface area contributed by atoms with Crippen molar-refractivity contribution in [3.63, 3.8) is 0 Å². The molecule has 1 unspecified atom stereocenters. The first-order chi connectivity index (χ1) is 22.5. The summed E-state index contributed by atoms with van der Waals surface area (Å²) in [6.45, 7) is 4.80. The number of carbonyl (C=O) groups is 1. The van der Waals surface area contributed by atoms with Crippen LogP contribution in [0, 0.1) is 0 Å². The number of carbonyl (C=O) groups excluding carboxylic acids is 1. The second kappa shape index (κ2) is 31.0. The Kier molecular flexibility index (Phi) is 30.3. The first kappa shape index (κ1) is 46.0. The molecule has 0 rings (SSSR count). The largest absolute Gasteiger partial charge is 0.472 e. The van der Waals surface area contributed by atoms with E-state index in [9.17, 15) is 19.4 Å². The Morgan fingerprint density at radius 3 is 1.66 bits per heavy atom. The maximum Gasteiger partial charge on any atom is 0.472 e. The van der Waals surface area contributed by atoms with Crippen LogP contribution in [0.4, 0.5) is 0 Å². The Labute approximate surface area is 290 Å². The Morgan fingerprint density at radius 1 is 0.702 bits per heavy atom. The average Bonchev–Trinajstić information content (AvgIpc) is 3.01. The fourth-order valence-electron chi connectivity index (χ4n) is 5.27. The molecule has 0 radical (unpaired) electrons. The third kappa shape index (κ3) is 33.3. The molecule has 0 aliphatic heterocycles. The molecule has 0 spiro atoms. The van der Waals surface area contributed by atoms with Crippen molar-refractivity contribution in [3.05, 3.63) is 24.3 Å². The maximum atomic E-state index is 12.8. The number of aliphatic hydroxyl groups is 1. The lowest BCUT2D eigenvalue weighted by atomic mass is 10.0. The fraction of sp³-hybridized carbons (Fsp3) is 0.868. The number of hydrogen-bond donors (Lipinski definition) is 3. The molecule has 47 heavy (non-hydrogen) atoms. The predicted molar refractivity (Wildman–Crippen MR) is 198 cm³/mol. The van der Waals surface area contributed by atoms with Crippen molar-refractivity contribution in [2.45, 2.75) is 174 Å². The monoisotopic (exact) mass is 688 g/mol. The van der Waals surface area contributed by atoms with Gasteiger partial charge >= 0.3 is 7.82 Å². The van der Waals surface area contributed by atoms with Crippen LogP contribution in [-0.2, 0) is 18.4 Å². The molecule has 0 bridgehead atoms. The van der Waals surface area contributed by atoms with E-state index in [0.717, 1.165) is 57.8 Å². The summed E-state index contributed by atoms with van der Waals surface area (Å²) in [5.74, 6) is -0.167. The summed E-state index contributed by atoms with van der Waals surface area (Å²) in [4.78, 5) is 23.0. The van der Waals surface area contributed by atoms with Crippen LogP contribution < -0.4 is 5.32 Å². The van der Waals surface area contributed by atoms with Crippen molar-refractivity contribution < 1.29 is 32.9 Å². The fourth-order valence-corrected chi connectivity index (χ4v) is 6.00. The number of quaternary nitrogens is 1. The van der Waals surface area contributed by atoms with Gasteiger partial charge in [-0.25, -0.2) is 4.57 Å². The number of allylic oxidation sites excluding steroid dienone is 4. The van der Waals surface area contributed by atoms with E-state index in [2.05, 4.69) is 43.5 Å². The summed E-state index contributed by atoms with van der Waals surface area (Å²) in [5.41, 5.74) is 0. The molecule has 0 aliphatic rings. The second-order valence-electron chi connectivity index (χ2n) is 14.3. The number of unbranched alkanes of at least 4 members (excludes halogenated alkanes) is 17. The lowest BCUT2D eigenvalue weighted by molar-refractivity contribution is -0.870. The summed E-state index contributed by atoms with van der Waals surface area (Å²) in [5, 5.41) is 13.8. The van der Waals surface area contributed by atoms with Gasteiger partial charge in [-0.3, -0.25) is 13.8 Å². The normalized spacial score (nSPS) is 15.0. The lowest BCUT2D eigenvalue weighted by Gasteiger charge is -2.26. The quantitative estimate of drug-likeness (QED) is 0.0269. The van der Waals surface area contributed by atoms with E-state index in [1.807, 2.05) is 21.1 Å². The molecule has 3 atom stereocenters. The third-order valence-electron chi connectivity index (χ3n) is 8.42. The Bertz CT molecular complexity index is 829. The Morgan fingerprint density at radius 2 is 1.15 bits per heavy atom. The van der Waals surface area contributed by atoms with Gasteiger partial charge in [0.1, 0.15) is 13.2 Å². The molecule has 9 heteroatoms. The summed E-state index contributed by atoms with van der Waals surface area (Å²) in [7, 11) is 1.59. The lowest BCUT2D eigenvalue weighted by Crippen LogP contribution is -2.46. The minimum absolute atomic E-state index is 0.0679. The highest BCUT2D eigenvalue weighted by atomic mass is 31.2. The first-order valence-electron chi connectivity index (χ1n) is 19.2. The van der Waals surface area contributed by atoms with Crippen LogP contribution in [0.2, 0.25) is 0 Å². The topological polar surface area (TPSA) is 105 Å². The van der Waals surface area contributed by atoms with Crippen LogP contribution in [0.5, 0.6) is 0 Å². The first-order valence-corrected chi connectivity index (χ1v) is 20.7. The van der Waals surface area contributed by atoms with Gasteiger partial charge in [0.05, 0.1) is 39.9 Å². The number of phosphoric acid groups is 1. The van der Waals surface area contributed by atoms with Crippen LogP contribution in [0.1, 0.15) is 162 Å². The number of rotatable bonds is 34. The van der Waals surface area contributed by atoms with Crippen molar-refractivity contribution in [3.8, 4) is 0 Å². The predicted octanol–water partition coefficient (Wildman–Crippen LogP) is 9.80. The molecule has 0 aromatic rings. The van der Waals surface area contributed by atoms with Gasteiger partial charge in [0.15, 0.2) is 0 Å². The van der Waals surface area contributed by atoms with Crippen molar-refractivity contribution in [2.24, 2.45) is 0 Å². The molecule has 0 aliphatic carbocycles. The van der Waals surface area contributed by atoms with E-state index in [0.29, 0.717) is 23.9 Å². The zero-order valence-corrected chi connectivity index (χ0v) is 32.2. The van der Waals surface area contributed by atoms with E-state index in [-0.39, 0.29) is 19.1 Å². The van der Waals surface area contributed by atoms with Gasteiger partial charge in [-0.15, -0.1) is 0 Å². The Hall–Kier alpha value is -1.02. The van der Waals surface area contributed by atoms with Crippen LogP contribution in [0.25, 0.3) is 0 Å². The van der Waals surface area contributed by atoms with Crippen molar-refractivity contribution in [1.82, 2.24) is 5.32 Å². The van der Waals surface area contributed by atoms with E-state index >= 15 is 0 Å². The molecule has 1 amide bonds. The van der Waals surface area contributed by atoms with Gasteiger partial charge in [0.25, 0.3) is 0 Å². The molecule has 0 aromatic heterocycles. The summed E-state index contributed by atoms with van der Waals surface area (Å²) in [6.07, 6.45) is 33.5. The van der Waals surface area contributed by atoms with E-state index < -0.39 is 20.0 Å². The van der Waals surface area contributed by atoms with Gasteiger partial charge < -0.3 is 19.8 Å². The minimum atomic E-state index is -4.31. The molecule has 0 saturated carbocycles. The molecule has 0 fully saturated rings. The van der Waals surface area contributed by atoms with Crippen molar-refractivity contribution >= 4 is 13.7 Å². The molecule has 0 heterocycles. The standard InChI is InChI=1S/C38H75N2O6P/c1-6-8-10-12-14-16-18-19-20-21-22-24-26-28-30-32-38(42)39-36(35-46-47(43,44)45-34-33-40(3,4)5)37(41)31-29-27-25-23-17-15-13-11-9-7-2/h17,19-20,23,36-37,41H,6-16,18,21-22,24-35H2,1-5H3,(H-,39,42,43,44)/p+1/b20-19+,23-17+/t36-,37+/m0/s1. The number of hydrogen-bond acceptors (Lipinski definition) is 5. The molecule has 0 saturated heterocycles. The summed E-state index contributed by atoms with van der Waals surface area (Å²) >= 11 is 0. The molecule has 0 aromatic carbocycles. The minimum Gasteiger partial charge on any atom is -0.391 e. The number of amides is 1. The summed E-state index contributed by atoms with van der Waals surface area (Å²) in [6, 6.07) is -0.776. The van der Waals surface area contributed by atoms with Crippen LogP contribution >= 0.6 is 7.82 Å². The van der Waals surface area contributed by atoms with Crippen LogP contribution in [0.3, 0.4) is 0 Å². The summed E-state index contributed by atoms with van der Waals surface area (Å²) < 4.78 is 23.5. The average molecular weight is 688 g/mol. The van der Waals surface area contributed by atoms with Crippen molar-refractivity contribution in [2.75, 3.05) is 40.9 Å². The zero-order valence-electron chi connectivity index (χ0n) is 31.3. The smallest absolute Gasteiger partial charge is 0.391 e. The molecule has 3 N–H and O–H groups in total. The number of nitrogens with one attached hydrogen (secondary N) is 1. The highest BCUT2D eigenvalue weighted by molar-refractivity contribution is 7.47. The van der Waals surface area contributed by atoms with E-state index in [1.54, 1.807) is 0 Å². The van der Waals surface area contributed by atoms with Gasteiger partial charge in [-0.1, -0.05) is 115 Å². The third-order valence-corrected chi connectivity index (χ3v) is 9.41. The molecule has 278 valence electrons. The van der Waals surface area contributed by atoms with Crippen LogP contribution in [-0.4, -0.2) is 73.4 Å². The number of aliphatic hydroxyl groups excluding tert-OH is 1. The van der Waals surface area contributed by atoms with Gasteiger partial charge in [0.2, 0.25) is 5.91 Å². The zero-order chi connectivity index (χ0) is 35.1. The maximum absolute atomic E-state index is 12.8. The van der Waals surface area contributed by atoms with Crippen LogP contribution in [0.15, 0.2) is 24.3 Å². The molecular weight excluding hydrogens is 611 g/mol. The number of nitrogens with zero attached hydrogens (tertiary/aromatic N) is 1. The SMILES string of the molecule is CCCCCC/C=C/CCCC[C@@H](O)[C@H](COP(=O)(O)OCC[N+](C)(C)C)NC(=O)CCCCCCC/C=C/CCCCCCCC. The molecular formula is C38H76N2O6P+. The van der Waals surface area contributed by atoms with Gasteiger partial charge in [-0.05, 0) is 64.2 Å². The van der Waals surface area contributed by atoms with Gasteiger partial charge in [0, 0.05) is 6.42 Å². The van der Waals surface area contributed by atoms with Crippen molar-refractivity contribution in [1.29, 1.82) is 0 Å². The Balaban J connectivity index is 4.48. The highest BCUT2D eigenvalue weighted by Gasteiger charge is 2.28. The number of likely N-dealkylation sites (N-methyl/N-ethyl adjacent to an activating group) is 1. The molecule has 8 nitrogen and oxygen atoms in total. The van der Waals surface area contributed by atoms with E-state index in [1.165, 1.54) is 77.0 Å². The van der Waals surface area contributed by atoms with E-state index in [4.69, 9.17) is 9.05 Å².